The van der Waals surface area contributed by atoms with Crippen molar-refractivity contribution in [1.82, 2.24) is 0 Å². The predicted octanol–water partition coefficient (Wildman–Crippen LogP) is 1.82. The Kier molecular flexibility index (Phi) is 5.71. The van der Waals surface area contributed by atoms with Gasteiger partial charge in [-0.1, -0.05) is 20.8 Å². The molecule has 0 amide bonds. The van der Waals surface area contributed by atoms with Gasteiger partial charge in [0.2, 0.25) is 0 Å². The number of rotatable bonds is 5. The molecule has 0 spiro atoms. The van der Waals surface area contributed by atoms with Crippen LogP contribution in [0.3, 0.4) is 0 Å². The zero-order valence-corrected chi connectivity index (χ0v) is 9.26. The molecule has 0 aromatic rings. The van der Waals surface area contributed by atoms with Gasteiger partial charge in [-0.05, 0) is 12.8 Å². The molecule has 3 heteroatoms. The first-order valence-corrected chi connectivity index (χ1v) is 4.78. The molecule has 0 aliphatic carbocycles. The lowest BCUT2D eigenvalue weighted by Gasteiger charge is -2.17. The Balaban J connectivity index is 3.60. The summed E-state index contributed by atoms with van der Waals surface area (Å²) in [6.45, 7) is 7.83. The Morgan fingerprint density at radius 3 is 2.38 bits per heavy atom. The lowest BCUT2D eigenvalue weighted by atomic mass is 9.95. The van der Waals surface area contributed by atoms with Gasteiger partial charge in [-0.15, -0.1) is 0 Å². The molecule has 0 bridgehead atoms. The maximum absolute atomic E-state index is 5.78. The average molecular weight is 186 g/mol. The molecule has 78 valence electrons. The van der Waals surface area contributed by atoms with Crippen molar-refractivity contribution in [3.8, 4) is 0 Å². The minimum Gasteiger partial charge on any atom is -0.387 e. The first kappa shape index (κ1) is 12.4. The highest BCUT2D eigenvalue weighted by molar-refractivity contribution is 5.85. The van der Waals surface area contributed by atoms with Crippen molar-refractivity contribution in [2.24, 2.45) is 16.1 Å². The predicted molar refractivity (Wildman–Crippen MR) is 57.1 cm³/mol. The van der Waals surface area contributed by atoms with Crippen molar-refractivity contribution in [2.45, 2.75) is 33.6 Å². The molecule has 3 nitrogen and oxygen atoms in total. The van der Waals surface area contributed by atoms with E-state index in [1.54, 1.807) is 7.11 Å². The van der Waals surface area contributed by atoms with Crippen LogP contribution < -0.4 is 5.73 Å². The Hall–Kier alpha value is -0.570. The third kappa shape index (κ3) is 6.58. The molecule has 0 saturated heterocycles. The normalized spacial score (nSPS) is 13.4. The third-order valence-electron chi connectivity index (χ3n) is 1.81. The molecule has 0 saturated carbocycles. The lowest BCUT2D eigenvalue weighted by Crippen LogP contribution is -2.29. The average Bonchev–Trinajstić information content (AvgIpc) is 2.02. The number of unbranched alkanes of at least 4 members (excludes halogenated alkanes) is 1. The third-order valence-corrected chi connectivity index (χ3v) is 1.81. The first-order chi connectivity index (χ1) is 5.98. The van der Waals surface area contributed by atoms with Crippen LogP contribution in [0, 0.1) is 5.41 Å². The van der Waals surface area contributed by atoms with Gasteiger partial charge in [0.05, 0.1) is 5.84 Å². The van der Waals surface area contributed by atoms with Gasteiger partial charge in [-0.25, -0.2) is 0 Å². The summed E-state index contributed by atoms with van der Waals surface area (Å²) >= 11 is 0. The number of ether oxygens (including phenoxy) is 1. The summed E-state index contributed by atoms with van der Waals surface area (Å²) in [5.41, 5.74) is 5.79. The zero-order valence-electron chi connectivity index (χ0n) is 9.26. The highest BCUT2D eigenvalue weighted by Crippen LogP contribution is 2.12. The molecule has 0 fully saturated rings. The van der Waals surface area contributed by atoms with E-state index in [1.165, 1.54) is 0 Å². The van der Waals surface area contributed by atoms with E-state index >= 15 is 0 Å². The van der Waals surface area contributed by atoms with Gasteiger partial charge >= 0.3 is 0 Å². The van der Waals surface area contributed by atoms with Crippen LogP contribution in [0.1, 0.15) is 33.6 Å². The van der Waals surface area contributed by atoms with Crippen molar-refractivity contribution in [1.29, 1.82) is 0 Å². The van der Waals surface area contributed by atoms with Gasteiger partial charge in [-0.3, -0.25) is 4.99 Å². The fourth-order valence-electron chi connectivity index (χ4n) is 0.795. The van der Waals surface area contributed by atoms with Crippen LogP contribution in [0.5, 0.6) is 0 Å². The number of aliphatic imine (C=N–C) groups is 1. The number of nitrogens with two attached hydrogens (primary N) is 1. The molecule has 2 N–H and O–H groups in total. The second-order valence-electron chi connectivity index (χ2n) is 4.22. The van der Waals surface area contributed by atoms with Crippen molar-refractivity contribution >= 4 is 5.84 Å². The minimum atomic E-state index is 0.00125. The Labute approximate surface area is 81.4 Å². The number of hydrogen-bond acceptors (Lipinski definition) is 2. The molecule has 0 aliphatic heterocycles. The van der Waals surface area contributed by atoms with Gasteiger partial charge in [0.25, 0.3) is 0 Å². The minimum absolute atomic E-state index is 0.00125. The van der Waals surface area contributed by atoms with E-state index in [0.717, 1.165) is 31.8 Å². The van der Waals surface area contributed by atoms with E-state index in [4.69, 9.17) is 10.5 Å². The van der Waals surface area contributed by atoms with Crippen molar-refractivity contribution in [2.75, 3.05) is 20.3 Å². The summed E-state index contributed by atoms with van der Waals surface area (Å²) < 4.78 is 4.94. The van der Waals surface area contributed by atoms with Crippen LogP contribution in [-0.2, 0) is 4.74 Å². The van der Waals surface area contributed by atoms with E-state index in [0.29, 0.717) is 0 Å². The Morgan fingerprint density at radius 1 is 1.31 bits per heavy atom. The van der Waals surface area contributed by atoms with Crippen LogP contribution in [0.2, 0.25) is 0 Å². The van der Waals surface area contributed by atoms with Crippen LogP contribution >= 0.6 is 0 Å². The molecular formula is C10H22N2O. The summed E-state index contributed by atoms with van der Waals surface area (Å²) in [5.74, 6) is 0.741. The zero-order chi connectivity index (χ0) is 10.3. The van der Waals surface area contributed by atoms with Crippen LogP contribution in [0.4, 0.5) is 0 Å². The maximum atomic E-state index is 5.78. The van der Waals surface area contributed by atoms with Crippen LogP contribution in [0.15, 0.2) is 4.99 Å². The molecule has 0 aliphatic rings. The largest absolute Gasteiger partial charge is 0.387 e. The second kappa shape index (κ2) is 5.97. The molecule has 0 rings (SSSR count). The summed E-state index contributed by atoms with van der Waals surface area (Å²) in [5, 5.41) is 0. The van der Waals surface area contributed by atoms with Crippen LogP contribution in [0.25, 0.3) is 0 Å². The quantitative estimate of drug-likeness (QED) is 0.404. The molecule has 0 atom stereocenters. The molecule has 0 aromatic heterocycles. The van der Waals surface area contributed by atoms with Crippen molar-refractivity contribution < 1.29 is 4.74 Å². The van der Waals surface area contributed by atoms with E-state index in [2.05, 4.69) is 25.8 Å². The molecule has 0 unspecified atom stereocenters. The number of amidine groups is 1. The topological polar surface area (TPSA) is 47.6 Å². The second-order valence-corrected chi connectivity index (χ2v) is 4.22. The molecule has 13 heavy (non-hydrogen) atoms. The van der Waals surface area contributed by atoms with Gasteiger partial charge < -0.3 is 10.5 Å². The maximum Gasteiger partial charge on any atom is 0.0991 e. The molecular weight excluding hydrogens is 164 g/mol. The highest BCUT2D eigenvalue weighted by atomic mass is 16.5. The molecule has 0 radical (unpaired) electrons. The molecule has 0 aromatic carbocycles. The fraction of sp³-hybridized carbons (Fsp3) is 0.900. The standard InChI is InChI=1S/C10H22N2O/c1-10(2,3)9(11)12-7-5-6-8-13-4/h5-8H2,1-4H3,(H2,11,12). The van der Waals surface area contributed by atoms with E-state index in [-0.39, 0.29) is 5.41 Å². The van der Waals surface area contributed by atoms with E-state index in [9.17, 15) is 0 Å². The Morgan fingerprint density at radius 2 is 1.92 bits per heavy atom. The first-order valence-electron chi connectivity index (χ1n) is 4.78. The summed E-state index contributed by atoms with van der Waals surface area (Å²) in [7, 11) is 1.72. The fourth-order valence-corrected chi connectivity index (χ4v) is 0.795. The van der Waals surface area contributed by atoms with E-state index < -0.39 is 0 Å². The summed E-state index contributed by atoms with van der Waals surface area (Å²) in [4.78, 5) is 4.31. The van der Waals surface area contributed by atoms with Crippen molar-refractivity contribution in [3.05, 3.63) is 0 Å². The van der Waals surface area contributed by atoms with Crippen molar-refractivity contribution in [3.63, 3.8) is 0 Å². The number of nitrogens with zero attached hydrogens (tertiary/aromatic N) is 1. The highest BCUT2D eigenvalue weighted by Gasteiger charge is 2.14. The summed E-state index contributed by atoms with van der Waals surface area (Å²) in [6, 6.07) is 0. The number of methoxy groups -OCH3 is 1. The smallest absolute Gasteiger partial charge is 0.0991 e. The lowest BCUT2D eigenvalue weighted by molar-refractivity contribution is 0.193. The molecule has 0 heterocycles. The summed E-state index contributed by atoms with van der Waals surface area (Å²) in [6.07, 6.45) is 2.10. The number of hydrogen-bond donors (Lipinski definition) is 1. The monoisotopic (exact) mass is 186 g/mol. The van der Waals surface area contributed by atoms with Gasteiger partial charge in [-0.2, -0.15) is 0 Å². The van der Waals surface area contributed by atoms with Gasteiger partial charge in [0.15, 0.2) is 0 Å². The van der Waals surface area contributed by atoms with Crippen LogP contribution in [-0.4, -0.2) is 26.1 Å². The Bertz CT molecular complexity index is 159. The SMILES string of the molecule is COCCCCN=C(N)C(C)(C)C. The van der Waals surface area contributed by atoms with E-state index in [1.807, 2.05) is 0 Å². The van der Waals surface area contributed by atoms with Gasteiger partial charge in [0.1, 0.15) is 0 Å². The van der Waals surface area contributed by atoms with Gasteiger partial charge in [0, 0.05) is 25.7 Å².